The van der Waals surface area contributed by atoms with Gasteiger partial charge in [-0.1, -0.05) is 12.1 Å². The number of ether oxygens (including phenoxy) is 1. The summed E-state index contributed by atoms with van der Waals surface area (Å²) in [5.41, 5.74) is 0.784. The van der Waals surface area contributed by atoms with Crippen molar-refractivity contribution in [2.75, 3.05) is 19.8 Å². The summed E-state index contributed by atoms with van der Waals surface area (Å²) in [6, 6.07) is 5.67. The second-order valence-corrected chi connectivity index (χ2v) is 5.88. The lowest BCUT2D eigenvalue weighted by molar-refractivity contribution is -0.122. The van der Waals surface area contributed by atoms with Crippen molar-refractivity contribution in [3.63, 3.8) is 0 Å². The molecule has 0 aliphatic carbocycles. The first-order valence-corrected chi connectivity index (χ1v) is 7.96. The van der Waals surface area contributed by atoms with Crippen LogP contribution in [-0.4, -0.2) is 41.3 Å². The number of aryl methyl sites for hydroxylation is 1. The molecule has 24 heavy (non-hydrogen) atoms. The smallest absolute Gasteiger partial charge is 0.222 e. The van der Waals surface area contributed by atoms with E-state index in [0.717, 1.165) is 12.1 Å². The first-order valence-electron chi connectivity index (χ1n) is 7.96. The van der Waals surface area contributed by atoms with E-state index in [4.69, 9.17) is 4.74 Å². The van der Waals surface area contributed by atoms with Crippen LogP contribution in [0.25, 0.3) is 0 Å². The number of nitrogens with one attached hydrogen (secondary N) is 2. The zero-order valence-electron chi connectivity index (χ0n) is 13.5. The van der Waals surface area contributed by atoms with E-state index in [1.807, 2.05) is 17.8 Å². The van der Waals surface area contributed by atoms with Crippen molar-refractivity contribution in [2.45, 2.75) is 18.5 Å². The van der Waals surface area contributed by atoms with Crippen LogP contribution in [0.15, 0.2) is 36.7 Å². The largest absolute Gasteiger partial charge is 0.378 e. The molecule has 1 saturated heterocycles. The molecule has 0 saturated carbocycles. The molecule has 2 heterocycles. The van der Waals surface area contributed by atoms with E-state index in [9.17, 15) is 9.18 Å². The van der Waals surface area contributed by atoms with Gasteiger partial charge in [-0.2, -0.15) is 0 Å². The number of benzene rings is 1. The van der Waals surface area contributed by atoms with Crippen molar-refractivity contribution < 1.29 is 13.9 Å². The Morgan fingerprint density at radius 1 is 1.50 bits per heavy atom. The predicted octanol–water partition coefficient (Wildman–Crippen LogP) is 1.14. The highest BCUT2D eigenvalue weighted by Crippen LogP contribution is 2.21. The Hall–Kier alpha value is -2.25. The molecule has 3 rings (SSSR count). The summed E-state index contributed by atoms with van der Waals surface area (Å²) in [6.07, 6.45) is 3.81. The molecule has 2 aromatic rings. The molecule has 0 spiro atoms. The van der Waals surface area contributed by atoms with Crippen LogP contribution >= 0.6 is 0 Å². The molecule has 0 radical (unpaired) electrons. The molecule has 1 aromatic carbocycles. The third-order valence-electron chi connectivity index (χ3n) is 4.06. The fourth-order valence-corrected chi connectivity index (χ4v) is 2.80. The summed E-state index contributed by atoms with van der Waals surface area (Å²) < 4.78 is 20.4. The Morgan fingerprint density at radius 3 is 2.92 bits per heavy atom. The molecule has 1 amide bonds. The van der Waals surface area contributed by atoms with Crippen molar-refractivity contribution >= 4 is 5.91 Å². The zero-order valence-corrected chi connectivity index (χ0v) is 13.5. The fraction of sp³-hybridized carbons (Fsp3) is 0.412. The van der Waals surface area contributed by atoms with E-state index in [-0.39, 0.29) is 17.8 Å². The van der Waals surface area contributed by atoms with Gasteiger partial charge in [-0.3, -0.25) is 4.79 Å². The molecule has 7 heteroatoms. The Kier molecular flexibility index (Phi) is 5.22. The number of carbonyl (C=O) groups is 1. The lowest BCUT2D eigenvalue weighted by Crippen LogP contribution is -2.44. The highest BCUT2D eigenvalue weighted by molar-refractivity contribution is 5.77. The first-order chi connectivity index (χ1) is 11.6. The normalized spacial score (nSPS) is 19.0. The van der Waals surface area contributed by atoms with Crippen LogP contribution in [0.2, 0.25) is 0 Å². The Bertz CT molecular complexity index is 680. The van der Waals surface area contributed by atoms with Crippen molar-refractivity contribution in [1.82, 2.24) is 20.2 Å². The number of nitrogens with zero attached hydrogens (tertiary/aromatic N) is 2. The topological polar surface area (TPSA) is 68.2 Å². The number of rotatable bonds is 5. The molecule has 1 aliphatic heterocycles. The average Bonchev–Trinajstić information content (AvgIpc) is 3.00. The highest BCUT2D eigenvalue weighted by atomic mass is 19.1. The lowest BCUT2D eigenvalue weighted by atomic mass is 10.1. The van der Waals surface area contributed by atoms with Gasteiger partial charge in [0.2, 0.25) is 5.91 Å². The van der Waals surface area contributed by atoms with E-state index >= 15 is 0 Å². The summed E-state index contributed by atoms with van der Waals surface area (Å²) in [5.74, 6) is 0.283. The average molecular weight is 332 g/mol. The van der Waals surface area contributed by atoms with Gasteiger partial charge in [0.1, 0.15) is 17.7 Å². The maximum absolute atomic E-state index is 13.2. The number of hydrogen-bond donors (Lipinski definition) is 2. The number of aromatic nitrogens is 2. The van der Waals surface area contributed by atoms with Gasteiger partial charge in [0.25, 0.3) is 0 Å². The van der Waals surface area contributed by atoms with E-state index in [1.54, 1.807) is 18.3 Å². The highest BCUT2D eigenvalue weighted by Gasteiger charge is 2.23. The minimum Gasteiger partial charge on any atom is -0.378 e. The molecular weight excluding hydrogens is 311 g/mol. The maximum Gasteiger partial charge on any atom is 0.222 e. The molecular formula is C17H21FN4O2. The van der Waals surface area contributed by atoms with Gasteiger partial charge in [0, 0.05) is 38.4 Å². The summed E-state index contributed by atoms with van der Waals surface area (Å²) >= 11 is 0. The zero-order chi connectivity index (χ0) is 16.9. The first kappa shape index (κ1) is 16.6. The maximum atomic E-state index is 13.2. The number of halogens is 1. The summed E-state index contributed by atoms with van der Waals surface area (Å²) in [4.78, 5) is 16.8. The van der Waals surface area contributed by atoms with Crippen LogP contribution in [0.4, 0.5) is 4.39 Å². The predicted molar refractivity (Wildman–Crippen MR) is 86.8 cm³/mol. The van der Waals surface area contributed by atoms with E-state index in [2.05, 4.69) is 15.6 Å². The molecule has 6 nitrogen and oxygen atoms in total. The molecule has 2 N–H and O–H groups in total. The van der Waals surface area contributed by atoms with Crippen LogP contribution in [0.1, 0.15) is 23.9 Å². The molecule has 128 valence electrons. The molecule has 1 aliphatic rings. The molecule has 1 aromatic heterocycles. The van der Waals surface area contributed by atoms with Crippen LogP contribution < -0.4 is 10.6 Å². The Labute approximate surface area is 140 Å². The van der Waals surface area contributed by atoms with Crippen molar-refractivity contribution in [1.29, 1.82) is 0 Å². The minimum atomic E-state index is -0.428. The van der Waals surface area contributed by atoms with Crippen LogP contribution in [0.3, 0.4) is 0 Å². The van der Waals surface area contributed by atoms with E-state index in [1.165, 1.54) is 12.1 Å². The lowest BCUT2D eigenvalue weighted by Gasteiger charge is -2.25. The van der Waals surface area contributed by atoms with Crippen LogP contribution in [-0.2, 0) is 16.6 Å². The van der Waals surface area contributed by atoms with Gasteiger partial charge in [0.05, 0.1) is 13.2 Å². The van der Waals surface area contributed by atoms with Gasteiger partial charge < -0.3 is 19.9 Å². The number of imidazole rings is 1. The van der Waals surface area contributed by atoms with Crippen molar-refractivity contribution in [3.05, 3.63) is 53.9 Å². The molecule has 0 bridgehead atoms. The number of hydrogen-bond acceptors (Lipinski definition) is 4. The number of carbonyl (C=O) groups excluding carboxylic acids is 1. The quantitative estimate of drug-likeness (QED) is 0.862. The van der Waals surface area contributed by atoms with E-state index < -0.39 is 6.04 Å². The third kappa shape index (κ3) is 3.98. The van der Waals surface area contributed by atoms with Crippen molar-refractivity contribution in [3.8, 4) is 0 Å². The van der Waals surface area contributed by atoms with E-state index in [0.29, 0.717) is 25.5 Å². The summed E-state index contributed by atoms with van der Waals surface area (Å²) in [7, 11) is 1.86. The number of morpholine rings is 1. The SMILES string of the molecule is Cn1ccnc1C(NC(=O)CC1COCCN1)c1ccc(F)cc1. The fourth-order valence-electron chi connectivity index (χ4n) is 2.80. The van der Waals surface area contributed by atoms with Gasteiger partial charge in [-0.25, -0.2) is 9.37 Å². The van der Waals surface area contributed by atoms with Crippen LogP contribution in [0, 0.1) is 5.82 Å². The van der Waals surface area contributed by atoms with Crippen molar-refractivity contribution in [2.24, 2.45) is 7.05 Å². The Balaban J connectivity index is 1.76. The summed E-state index contributed by atoms with van der Waals surface area (Å²) in [5, 5.41) is 6.26. The van der Waals surface area contributed by atoms with Gasteiger partial charge >= 0.3 is 0 Å². The Morgan fingerprint density at radius 2 is 2.29 bits per heavy atom. The molecule has 1 fully saturated rings. The van der Waals surface area contributed by atoms with Gasteiger partial charge in [-0.05, 0) is 17.7 Å². The monoisotopic (exact) mass is 332 g/mol. The third-order valence-corrected chi connectivity index (χ3v) is 4.06. The second kappa shape index (κ2) is 7.55. The number of amides is 1. The van der Waals surface area contributed by atoms with Crippen LogP contribution in [0.5, 0.6) is 0 Å². The molecule has 2 atom stereocenters. The summed E-state index contributed by atoms with van der Waals surface area (Å²) in [6.45, 7) is 1.94. The second-order valence-electron chi connectivity index (χ2n) is 5.88. The standard InChI is InChI=1S/C17H21FN4O2/c1-22-8-6-20-17(22)16(12-2-4-13(18)5-3-12)21-15(23)10-14-11-24-9-7-19-14/h2-6,8,14,16,19H,7,9-11H2,1H3,(H,21,23). The van der Waals surface area contributed by atoms with Gasteiger partial charge in [0.15, 0.2) is 0 Å². The minimum absolute atomic E-state index is 0.00832. The van der Waals surface area contributed by atoms with Gasteiger partial charge in [-0.15, -0.1) is 0 Å². The molecule has 2 unspecified atom stereocenters.